The van der Waals surface area contributed by atoms with Crippen LogP contribution in [0.3, 0.4) is 0 Å². The molecule has 2 aliphatic heterocycles. The van der Waals surface area contributed by atoms with Crippen molar-refractivity contribution in [2.75, 3.05) is 37.6 Å². The molecule has 0 amide bonds. The molecule has 4 rings (SSSR count). The number of morpholine rings is 1. The summed E-state index contributed by atoms with van der Waals surface area (Å²) in [4.78, 5) is 17.5. The largest absolute Gasteiger partial charge is 0.373 e. The van der Waals surface area contributed by atoms with Crippen LogP contribution in [0.4, 0.5) is 5.69 Å². The Bertz CT molecular complexity index is 886. The van der Waals surface area contributed by atoms with Crippen LogP contribution in [0.2, 0.25) is 5.02 Å². The first-order valence-electron chi connectivity index (χ1n) is 10.9. The summed E-state index contributed by atoms with van der Waals surface area (Å²) in [6.07, 6.45) is 4.56. The zero-order valence-corrected chi connectivity index (χ0v) is 18.6. The molecule has 2 unspecified atom stereocenters. The minimum Gasteiger partial charge on any atom is -0.373 e. The third kappa shape index (κ3) is 5.05. The molecule has 1 aromatic carbocycles. The number of aromatic nitrogens is 2. The molecule has 0 N–H and O–H groups in total. The van der Waals surface area contributed by atoms with E-state index in [0.717, 1.165) is 56.8 Å². The van der Waals surface area contributed by atoms with Crippen LogP contribution < -0.4 is 10.5 Å². The maximum Gasteiger partial charge on any atom is 0.287 e. The van der Waals surface area contributed by atoms with Gasteiger partial charge in [0, 0.05) is 32.7 Å². The first kappa shape index (κ1) is 21.3. The zero-order valence-electron chi connectivity index (χ0n) is 17.8. The van der Waals surface area contributed by atoms with Gasteiger partial charge < -0.3 is 9.64 Å². The molecular weight excluding hydrogens is 400 g/mol. The average Bonchev–Trinajstić information content (AvgIpc) is 2.72. The number of benzene rings is 1. The number of nitrogens with zero attached hydrogens (tertiary/aromatic N) is 4. The summed E-state index contributed by atoms with van der Waals surface area (Å²) < 4.78 is 7.29. The Balaban J connectivity index is 1.36. The fourth-order valence-electron chi connectivity index (χ4n) is 4.70. The molecule has 0 radical (unpaired) electrons. The van der Waals surface area contributed by atoms with E-state index in [1.54, 1.807) is 6.20 Å². The van der Waals surface area contributed by atoms with Gasteiger partial charge in [0.15, 0.2) is 0 Å². The summed E-state index contributed by atoms with van der Waals surface area (Å²) in [5, 5.41) is 4.67. The quantitative estimate of drug-likeness (QED) is 0.728. The molecule has 0 bridgehead atoms. The summed E-state index contributed by atoms with van der Waals surface area (Å²) in [5.41, 5.74) is 1.57. The van der Waals surface area contributed by atoms with E-state index in [9.17, 15) is 4.79 Å². The van der Waals surface area contributed by atoms with Crippen LogP contribution in [0.1, 0.15) is 32.3 Å². The summed E-state index contributed by atoms with van der Waals surface area (Å²) in [7, 11) is 0. The normalized spacial score (nSPS) is 23.6. The van der Waals surface area contributed by atoms with Gasteiger partial charge in [-0.15, -0.1) is 0 Å². The predicted octanol–water partition coefficient (Wildman–Crippen LogP) is 3.27. The van der Waals surface area contributed by atoms with E-state index in [4.69, 9.17) is 16.3 Å². The lowest BCUT2D eigenvalue weighted by Gasteiger charge is -2.40. The molecular formula is C23H31ClN4O2. The molecule has 6 nitrogen and oxygen atoms in total. The van der Waals surface area contributed by atoms with Gasteiger partial charge in [0.2, 0.25) is 0 Å². The Morgan fingerprint density at radius 2 is 1.77 bits per heavy atom. The van der Waals surface area contributed by atoms with Crippen molar-refractivity contribution < 1.29 is 4.74 Å². The van der Waals surface area contributed by atoms with Crippen molar-refractivity contribution in [1.82, 2.24) is 14.7 Å². The minimum atomic E-state index is -0.226. The van der Waals surface area contributed by atoms with Crippen LogP contribution >= 0.6 is 11.6 Å². The number of hydrogen-bond acceptors (Lipinski definition) is 5. The number of ether oxygens (including phenoxy) is 1. The third-order valence-corrected chi connectivity index (χ3v) is 6.46. The molecule has 2 fully saturated rings. The minimum absolute atomic E-state index is 0.226. The van der Waals surface area contributed by atoms with E-state index in [-0.39, 0.29) is 10.6 Å². The van der Waals surface area contributed by atoms with E-state index in [1.165, 1.54) is 4.68 Å². The molecule has 1 aromatic heterocycles. The number of hydrogen-bond donors (Lipinski definition) is 0. The molecule has 30 heavy (non-hydrogen) atoms. The van der Waals surface area contributed by atoms with Crippen LogP contribution in [-0.2, 0) is 11.3 Å². The smallest absolute Gasteiger partial charge is 0.287 e. The summed E-state index contributed by atoms with van der Waals surface area (Å²) in [5.74, 6) is 0.670. The van der Waals surface area contributed by atoms with E-state index in [1.807, 2.05) is 30.3 Å². The molecule has 2 aliphatic rings. The Morgan fingerprint density at radius 3 is 2.43 bits per heavy atom. The maximum atomic E-state index is 12.7. The second-order valence-corrected chi connectivity index (χ2v) is 9.08. The Labute approximate surface area is 183 Å². The molecule has 0 saturated carbocycles. The predicted molar refractivity (Wildman–Crippen MR) is 120 cm³/mol. The first-order chi connectivity index (χ1) is 14.5. The highest BCUT2D eigenvalue weighted by molar-refractivity contribution is 6.33. The molecule has 0 spiro atoms. The molecule has 2 atom stereocenters. The van der Waals surface area contributed by atoms with Crippen molar-refractivity contribution in [3.63, 3.8) is 0 Å². The van der Waals surface area contributed by atoms with E-state index < -0.39 is 0 Å². The van der Waals surface area contributed by atoms with Gasteiger partial charge in [0.1, 0.15) is 5.02 Å². The van der Waals surface area contributed by atoms with Crippen molar-refractivity contribution in [2.45, 2.75) is 45.4 Å². The maximum absolute atomic E-state index is 12.7. The van der Waals surface area contributed by atoms with Crippen molar-refractivity contribution in [1.29, 1.82) is 0 Å². The zero-order chi connectivity index (χ0) is 21.1. The second kappa shape index (κ2) is 9.50. The summed E-state index contributed by atoms with van der Waals surface area (Å²) >= 11 is 6.48. The monoisotopic (exact) mass is 430 g/mol. The first-order valence-corrected chi connectivity index (χ1v) is 11.3. The lowest BCUT2D eigenvalue weighted by atomic mass is 9.95. The molecule has 3 heterocycles. The van der Waals surface area contributed by atoms with Gasteiger partial charge in [0.25, 0.3) is 5.56 Å². The van der Waals surface area contributed by atoms with Crippen molar-refractivity contribution in [3.8, 4) is 0 Å². The molecule has 7 heteroatoms. The molecule has 0 aliphatic carbocycles. The highest BCUT2D eigenvalue weighted by Crippen LogP contribution is 2.28. The van der Waals surface area contributed by atoms with Gasteiger partial charge in [-0.1, -0.05) is 41.9 Å². The Kier molecular flexibility index (Phi) is 6.76. The number of halogens is 1. The summed E-state index contributed by atoms with van der Waals surface area (Å²) in [6.45, 7) is 9.70. The van der Waals surface area contributed by atoms with Crippen LogP contribution in [0, 0.1) is 5.92 Å². The van der Waals surface area contributed by atoms with Crippen LogP contribution in [0.15, 0.2) is 41.3 Å². The van der Waals surface area contributed by atoms with Crippen molar-refractivity contribution >= 4 is 17.3 Å². The Hall–Kier alpha value is -1.89. The number of piperidine rings is 1. The lowest BCUT2D eigenvalue weighted by Crippen LogP contribution is -2.48. The summed E-state index contributed by atoms with van der Waals surface area (Å²) in [6, 6.07) is 9.84. The Morgan fingerprint density at radius 1 is 1.10 bits per heavy atom. The van der Waals surface area contributed by atoms with Gasteiger partial charge in [-0.25, -0.2) is 4.68 Å². The van der Waals surface area contributed by atoms with Gasteiger partial charge in [-0.05, 0) is 38.2 Å². The van der Waals surface area contributed by atoms with E-state index >= 15 is 0 Å². The molecule has 2 aromatic rings. The highest BCUT2D eigenvalue weighted by Gasteiger charge is 2.27. The SMILES string of the molecule is CC1CN(CC2CCN(c3cnn(Cc4ccccc4)c(=O)c3Cl)CC2)CC(C)O1. The van der Waals surface area contributed by atoms with Crippen LogP contribution in [0.25, 0.3) is 0 Å². The third-order valence-electron chi connectivity index (χ3n) is 6.11. The fraction of sp³-hybridized carbons (Fsp3) is 0.565. The number of rotatable bonds is 5. The highest BCUT2D eigenvalue weighted by atomic mass is 35.5. The van der Waals surface area contributed by atoms with Gasteiger partial charge in [0.05, 0.1) is 30.6 Å². The molecule has 162 valence electrons. The standard InChI is InChI=1S/C23H31ClN4O2/c1-17-13-26(14-18(2)30-17)15-20-8-10-27(11-9-20)21-12-25-28(23(29)22(21)24)16-19-6-4-3-5-7-19/h3-7,12,17-18,20H,8-11,13-16H2,1-2H3. The van der Waals surface area contributed by atoms with E-state index in [2.05, 4.69) is 28.7 Å². The van der Waals surface area contributed by atoms with Gasteiger partial charge >= 0.3 is 0 Å². The average molecular weight is 431 g/mol. The van der Waals surface area contributed by atoms with Crippen molar-refractivity contribution in [3.05, 3.63) is 57.5 Å². The van der Waals surface area contributed by atoms with Gasteiger partial charge in [-0.2, -0.15) is 5.10 Å². The fourth-order valence-corrected chi connectivity index (χ4v) is 4.97. The second-order valence-electron chi connectivity index (χ2n) is 8.70. The van der Waals surface area contributed by atoms with Crippen LogP contribution in [0.5, 0.6) is 0 Å². The van der Waals surface area contributed by atoms with E-state index in [0.29, 0.717) is 24.7 Å². The van der Waals surface area contributed by atoms with Crippen molar-refractivity contribution in [2.24, 2.45) is 5.92 Å². The number of anilines is 1. The van der Waals surface area contributed by atoms with Gasteiger partial charge in [-0.3, -0.25) is 9.69 Å². The topological polar surface area (TPSA) is 50.6 Å². The van der Waals surface area contributed by atoms with Crippen LogP contribution in [-0.4, -0.2) is 59.6 Å². The molecule has 2 saturated heterocycles. The lowest BCUT2D eigenvalue weighted by molar-refractivity contribution is -0.0720.